The standard InChI is InChI=1S/C30H27F2NO5/c1-4-36-27(34)16-20-8-10-21(11-9-20)22-12-14-23(15-13-22)30-24(18(2)33-38-30)17-28(35)37-19(3)29-25(31)6-5-7-26(29)32/h5-15,19H,4,16-17H2,1-3H3. The highest BCUT2D eigenvalue weighted by Crippen LogP contribution is 2.30. The molecule has 0 amide bonds. The largest absolute Gasteiger partial charge is 0.466 e. The van der Waals surface area contributed by atoms with Gasteiger partial charge in [-0.3, -0.25) is 9.59 Å². The Morgan fingerprint density at radius 2 is 1.45 bits per heavy atom. The molecule has 0 N–H and O–H groups in total. The van der Waals surface area contributed by atoms with Crippen molar-refractivity contribution in [3.8, 4) is 22.5 Å². The van der Waals surface area contributed by atoms with Crippen LogP contribution in [0.25, 0.3) is 22.5 Å². The van der Waals surface area contributed by atoms with Gasteiger partial charge in [0.05, 0.1) is 30.7 Å². The van der Waals surface area contributed by atoms with Gasteiger partial charge in [0.2, 0.25) is 0 Å². The van der Waals surface area contributed by atoms with E-state index in [9.17, 15) is 18.4 Å². The van der Waals surface area contributed by atoms with E-state index >= 15 is 0 Å². The van der Waals surface area contributed by atoms with Crippen LogP contribution in [0.5, 0.6) is 0 Å². The molecule has 6 nitrogen and oxygen atoms in total. The number of nitrogens with zero attached hydrogens (tertiary/aromatic N) is 1. The minimum atomic E-state index is -1.10. The molecule has 0 bridgehead atoms. The smallest absolute Gasteiger partial charge is 0.311 e. The molecule has 8 heteroatoms. The van der Waals surface area contributed by atoms with E-state index < -0.39 is 23.7 Å². The molecule has 3 aromatic carbocycles. The molecule has 1 heterocycles. The summed E-state index contributed by atoms with van der Waals surface area (Å²) < 4.78 is 43.9. The average molecular weight is 520 g/mol. The van der Waals surface area contributed by atoms with Crippen molar-refractivity contribution in [1.82, 2.24) is 5.16 Å². The number of ether oxygens (including phenoxy) is 2. The first-order valence-electron chi connectivity index (χ1n) is 12.2. The third kappa shape index (κ3) is 6.14. The third-order valence-corrected chi connectivity index (χ3v) is 6.11. The summed E-state index contributed by atoms with van der Waals surface area (Å²) in [6.45, 7) is 5.25. The van der Waals surface area contributed by atoms with Crippen LogP contribution in [0, 0.1) is 18.6 Å². The van der Waals surface area contributed by atoms with Crippen LogP contribution in [-0.2, 0) is 31.9 Å². The van der Waals surface area contributed by atoms with Crippen LogP contribution in [0.2, 0.25) is 0 Å². The van der Waals surface area contributed by atoms with E-state index in [2.05, 4.69) is 5.16 Å². The number of carbonyl (C=O) groups is 2. The highest BCUT2D eigenvalue weighted by atomic mass is 19.1. The molecule has 0 saturated heterocycles. The Balaban J connectivity index is 1.46. The van der Waals surface area contributed by atoms with E-state index in [0.29, 0.717) is 29.2 Å². The van der Waals surface area contributed by atoms with Crippen molar-refractivity contribution in [2.75, 3.05) is 6.61 Å². The van der Waals surface area contributed by atoms with E-state index in [4.69, 9.17) is 14.0 Å². The van der Waals surface area contributed by atoms with Crippen molar-refractivity contribution in [1.29, 1.82) is 0 Å². The molecule has 0 aliphatic heterocycles. The number of benzene rings is 3. The fraction of sp³-hybridized carbons (Fsp3) is 0.233. The quantitative estimate of drug-likeness (QED) is 0.234. The van der Waals surface area contributed by atoms with Gasteiger partial charge in [0.1, 0.15) is 17.7 Å². The molecule has 38 heavy (non-hydrogen) atoms. The Bertz CT molecular complexity index is 1410. The second kappa shape index (κ2) is 11.8. The molecule has 4 rings (SSSR count). The minimum absolute atomic E-state index is 0.172. The normalized spacial score (nSPS) is 11.7. The van der Waals surface area contributed by atoms with E-state index in [1.165, 1.54) is 13.0 Å². The number of esters is 2. The number of rotatable bonds is 9. The molecule has 4 aromatic rings. The van der Waals surface area contributed by atoms with Crippen LogP contribution in [0.3, 0.4) is 0 Å². The summed E-state index contributed by atoms with van der Waals surface area (Å²) >= 11 is 0. The van der Waals surface area contributed by atoms with Crippen LogP contribution in [0.1, 0.15) is 42.3 Å². The first-order valence-corrected chi connectivity index (χ1v) is 12.2. The third-order valence-electron chi connectivity index (χ3n) is 6.11. The van der Waals surface area contributed by atoms with Gasteiger partial charge in [-0.25, -0.2) is 8.78 Å². The molecule has 1 atom stereocenters. The zero-order valence-corrected chi connectivity index (χ0v) is 21.3. The van der Waals surface area contributed by atoms with Gasteiger partial charge in [-0.15, -0.1) is 0 Å². The van der Waals surface area contributed by atoms with Crippen molar-refractivity contribution in [2.24, 2.45) is 0 Å². The summed E-state index contributed by atoms with van der Waals surface area (Å²) in [5.41, 5.74) is 4.25. The summed E-state index contributed by atoms with van der Waals surface area (Å²) in [6.07, 6.45) is -1.05. The highest BCUT2D eigenvalue weighted by molar-refractivity contribution is 5.78. The molecule has 0 saturated carbocycles. The average Bonchev–Trinajstić information content (AvgIpc) is 3.24. The van der Waals surface area contributed by atoms with Crippen LogP contribution >= 0.6 is 0 Å². The minimum Gasteiger partial charge on any atom is -0.466 e. The number of halogens is 2. The van der Waals surface area contributed by atoms with Crippen molar-refractivity contribution < 1.29 is 32.4 Å². The van der Waals surface area contributed by atoms with E-state index in [1.807, 2.05) is 48.5 Å². The summed E-state index contributed by atoms with van der Waals surface area (Å²) in [6, 6.07) is 18.7. The van der Waals surface area contributed by atoms with Crippen molar-refractivity contribution >= 4 is 11.9 Å². The fourth-order valence-electron chi connectivity index (χ4n) is 4.17. The Morgan fingerprint density at radius 3 is 2.05 bits per heavy atom. The first-order chi connectivity index (χ1) is 18.3. The Kier molecular flexibility index (Phi) is 8.31. The lowest BCUT2D eigenvalue weighted by atomic mass is 9.99. The predicted molar refractivity (Wildman–Crippen MR) is 137 cm³/mol. The summed E-state index contributed by atoms with van der Waals surface area (Å²) in [4.78, 5) is 24.3. The van der Waals surface area contributed by atoms with Crippen LogP contribution < -0.4 is 0 Å². The van der Waals surface area contributed by atoms with Gasteiger partial charge in [-0.1, -0.05) is 59.8 Å². The van der Waals surface area contributed by atoms with Crippen LogP contribution in [0.15, 0.2) is 71.3 Å². The fourth-order valence-corrected chi connectivity index (χ4v) is 4.17. The molecule has 0 aliphatic carbocycles. The van der Waals surface area contributed by atoms with Gasteiger partial charge < -0.3 is 14.0 Å². The molecule has 0 aliphatic rings. The second-order valence-corrected chi connectivity index (χ2v) is 8.78. The molecule has 1 aromatic heterocycles. The monoisotopic (exact) mass is 519 g/mol. The van der Waals surface area contributed by atoms with E-state index in [1.54, 1.807) is 13.8 Å². The second-order valence-electron chi connectivity index (χ2n) is 8.78. The van der Waals surface area contributed by atoms with Crippen LogP contribution in [-0.4, -0.2) is 23.7 Å². The molecular weight excluding hydrogens is 492 g/mol. The predicted octanol–water partition coefficient (Wildman–Crippen LogP) is 6.55. The highest BCUT2D eigenvalue weighted by Gasteiger charge is 2.23. The van der Waals surface area contributed by atoms with E-state index in [-0.39, 0.29) is 24.4 Å². The number of aryl methyl sites for hydroxylation is 1. The van der Waals surface area contributed by atoms with Gasteiger partial charge in [0, 0.05) is 11.1 Å². The Labute approximate surface area is 219 Å². The number of hydrogen-bond donors (Lipinski definition) is 0. The summed E-state index contributed by atoms with van der Waals surface area (Å²) in [5, 5.41) is 4.00. The molecular formula is C30H27F2NO5. The zero-order chi connectivity index (χ0) is 27.2. The lowest BCUT2D eigenvalue weighted by Crippen LogP contribution is -2.14. The number of aromatic nitrogens is 1. The summed E-state index contributed by atoms with van der Waals surface area (Å²) in [7, 11) is 0. The van der Waals surface area contributed by atoms with Crippen LogP contribution in [0.4, 0.5) is 8.78 Å². The SMILES string of the molecule is CCOC(=O)Cc1ccc(-c2ccc(-c3onc(C)c3CC(=O)OC(C)c3c(F)cccc3F)cc2)cc1. The lowest BCUT2D eigenvalue weighted by Gasteiger charge is -2.15. The van der Waals surface area contributed by atoms with Gasteiger partial charge in [-0.05, 0) is 49.6 Å². The zero-order valence-electron chi connectivity index (χ0n) is 21.3. The number of hydrogen-bond acceptors (Lipinski definition) is 6. The molecule has 196 valence electrons. The van der Waals surface area contributed by atoms with Gasteiger partial charge >= 0.3 is 11.9 Å². The van der Waals surface area contributed by atoms with Gasteiger partial charge in [-0.2, -0.15) is 0 Å². The molecule has 0 fully saturated rings. The maximum atomic E-state index is 14.1. The molecule has 0 spiro atoms. The Hall–Kier alpha value is -4.33. The van der Waals surface area contributed by atoms with Gasteiger partial charge in [0.25, 0.3) is 0 Å². The summed E-state index contributed by atoms with van der Waals surface area (Å²) in [5.74, 6) is -2.06. The van der Waals surface area contributed by atoms with Gasteiger partial charge in [0.15, 0.2) is 5.76 Å². The lowest BCUT2D eigenvalue weighted by molar-refractivity contribution is -0.148. The maximum absolute atomic E-state index is 14.1. The maximum Gasteiger partial charge on any atom is 0.311 e. The van der Waals surface area contributed by atoms with Crippen molar-refractivity contribution in [3.05, 3.63) is 101 Å². The van der Waals surface area contributed by atoms with E-state index in [0.717, 1.165) is 28.8 Å². The first kappa shape index (κ1) is 26.7. The topological polar surface area (TPSA) is 78.6 Å². The van der Waals surface area contributed by atoms with Crippen molar-refractivity contribution in [3.63, 3.8) is 0 Å². The molecule has 0 radical (unpaired) electrons. The number of carbonyl (C=O) groups excluding carboxylic acids is 2. The van der Waals surface area contributed by atoms with Crippen molar-refractivity contribution in [2.45, 2.75) is 39.7 Å². The Morgan fingerprint density at radius 1 is 0.868 bits per heavy atom. The molecule has 1 unspecified atom stereocenters.